The van der Waals surface area contributed by atoms with Gasteiger partial charge in [0.1, 0.15) is 5.82 Å². The highest BCUT2D eigenvalue weighted by Gasteiger charge is 2.43. The Labute approximate surface area is 154 Å². The Bertz CT molecular complexity index is 609. The lowest BCUT2D eigenvalue weighted by Crippen LogP contribution is -2.54. The number of benzene rings is 1. The van der Waals surface area contributed by atoms with Gasteiger partial charge in [-0.2, -0.15) is 0 Å². The Morgan fingerprint density at radius 1 is 1.20 bits per heavy atom. The second-order valence-corrected chi connectivity index (χ2v) is 7.48. The van der Waals surface area contributed by atoms with Crippen LogP contribution in [0.5, 0.6) is 0 Å². The van der Waals surface area contributed by atoms with E-state index in [4.69, 9.17) is 4.74 Å². The van der Waals surface area contributed by atoms with Crippen LogP contribution in [-0.4, -0.2) is 37.2 Å². The molecule has 1 amide bonds. The SMILES string of the molecule is Cl.O=C(NC1CC2CCC(C1)N2)C1(c2cccc(F)c2)CCOCC1. The summed E-state index contributed by atoms with van der Waals surface area (Å²) in [5.41, 5.74) is 0.116. The number of fused-ring (bicyclic) bond motifs is 2. The molecule has 0 saturated carbocycles. The molecule has 1 aromatic carbocycles. The van der Waals surface area contributed by atoms with E-state index >= 15 is 0 Å². The Morgan fingerprint density at radius 3 is 2.52 bits per heavy atom. The summed E-state index contributed by atoms with van der Waals surface area (Å²) in [7, 11) is 0. The molecule has 2 unspecified atom stereocenters. The van der Waals surface area contributed by atoms with Gasteiger partial charge in [-0.05, 0) is 56.2 Å². The van der Waals surface area contributed by atoms with Crippen LogP contribution in [0.1, 0.15) is 44.1 Å². The third-order valence-corrected chi connectivity index (χ3v) is 5.97. The molecule has 25 heavy (non-hydrogen) atoms. The standard InChI is InChI=1S/C19H25FN2O2.ClH/c20-14-3-1-2-13(10-14)19(6-8-24-9-7-19)18(23)22-17-11-15-4-5-16(12-17)21-15;/h1-3,10,15-17,21H,4-9,11-12H2,(H,22,23);1H. The molecular weight excluding hydrogens is 343 g/mol. The number of piperidine rings is 1. The van der Waals surface area contributed by atoms with Gasteiger partial charge in [0.25, 0.3) is 0 Å². The first-order valence-corrected chi connectivity index (χ1v) is 9.06. The minimum absolute atomic E-state index is 0. The molecule has 2 bridgehead atoms. The molecule has 0 radical (unpaired) electrons. The maximum Gasteiger partial charge on any atom is 0.231 e. The molecule has 3 fully saturated rings. The van der Waals surface area contributed by atoms with Crippen LogP contribution in [0.4, 0.5) is 4.39 Å². The average molecular weight is 369 g/mol. The number of hydrogen-bond acceptors (Lipinski definition) is 3. The molecule has 0 aliphatic carbocycles. The van der Waals surface area contributed by atoms with E-state index < -0.39 is 5.41 Å². The summed E-state index contributed by atoms with van der Waals surface area (Å²) in [5.74, 6) is -0.242. The number of hydrogen-bond donors (Lipinski definition) is 2. The fourth-order valence-corrected chi connectivity index (χ4v) is 4.65. The van der Waals surface area contributed by atoms with Gasteiger partial charge in [0.15, 0.2) is 0 Å². The molecule has 138 valence electrons. The largest absolute Gasteiger partial charge is 0.381 e. The number of ether oxygens (including phenoxy) is 1. The normalized spacial score (nSPS) is 30.4. The monoisotopic (exact) mass is 368 g/mol. The maximum absolute atomic E-state index is 13.8. The Balaban J connectivity index is 0.00000182. The van der Waals surface area contributed by atoms with Crippen molar-refractivity contribution in [3.8, 4) is 0 Å². The van der Waals surface area contributed by atoms with Crippen LogP contribution in [0.25, 0.3) is 0 Å². The van der Waals surface area contributed by atoms with Crippen molar-refractivity contribution in [3.05, 3.63) is 35.6 Å². The molecule has 0 aromatic heterocycles. The van der Waals surface area contributed by atoms with E-state index in [1.807, 2.05) is 6.07 Å². The third kappa shape index (κ3) is 3.69. The van der Waals surface area contributed by atoms with E-state index in [2.05, 4.69) is 10.6 Å². The molecule has 4 rings (SSSR count). The first kappa shape index (κ1) is 18.6. The minimum atomic E-state index is -0.662. The number of rotatable bonds is 3. The highest BCUT2D eigenvalue weighted by atomic mass is 35.5. The minimum Gasteiger partial charge on any atom is -0.381 e. The molecule has 3 aliphatic heterocycles. The van der Waals surface area contributed by atoms with Crippen LogP contribution in [0, 0.1) is 5.82 Å². The first-order valence-electron chi connectivity index (χ1n) is 9.06. The number of carbonyl (C=O) groups excluding carboxylic acids is 1. The summed E-state index contributed by atoms with van der Waals surface area (Å²) >= 11 is 0. The Hall–Kier alpha value is -1.17. The smallest absolute Gasteiger partial charge is 0.231 e. The van der Waals surface area contributed by atoms with Crippen molar-refractivity contribution in [2.45, 2.75) is 62.1 Å². The second kappa shape index (κ2) is 7.60. The van der Waals surface area contributed by atoms with Crippen molar-refractivity contribution < 1.29 is 13.9 Å². The van der Waals surface area contributed by atoms with Gasteiger partial charge < -0.3 is 15.4 Å². The summed E-state index contributed by atoms with van der Waals surface area (Å²) in [4.78, 5) is 13.2. The van der Waals surface area contributed by atoms with Gasteiger partial charge in [-0.1, -0.05) is 12.1 Å². The van der Waals surface area contributed by atoms with E-state index in [-0.39, 0.29) is 30.2 Å². The molecule has 2 N–H and O–H groups in total. The zero-order chi connectivity index (χ0) is 16.6. The van der Waals surface area contributed by atoms with Crippen LogP contribution in [-0.2, 0) is 14.9 Å². The zero-order valence-corrected chi connectivity index (χ0v) is 15.1. The van der Waals surface area contributed by atoms with E-state index in [1.165, 1.54) is 25.0 Å². The molecule has 0 spiro atoms. The molecule has 3 heterocycles. The average Bonchev–Trinajstić information content (AvgIpc) is 2.94. The molecule has 4 nitrogen and oxygen atoms in total. The lowest BCUT2D eigenvalue weighted by Gasteiger charge is -2.39. The van der Waals surface area contributed by atoms with Gasteiger partial charge in [0.05, 0.1) is 5.41 Å². The molecule has 3 aliphatic rings. The molecule has 2 atom stereocenters. The van der Waals surface area contributed by atoms with E-state index in [1.54, 1.807) is 6.07 Å². The summed E-state index contributed by atoms with van der Waals surface area (Å²) in [6, 6.07) is 7.81. The lowest BCUT2D eigenvalue weighted by atomic mass is 9.73. The van der Waals surface area contributed by atoms with Crippen LogP contribution < -0.4 is 10.6 Å². The predicted molar refractivity (Wildman–Crippen MR) is 96.5 cm³/mol. The van der Waals surface area contributed by atoms with Crippen molar-refractivity contribution in [1.82, 2.24) is 10.6 Å². The van der Waals surface area contributed by atoms with Gasteiger partial charge in [0.2, 0.25) is 5.91 Å². The highest BCUT2D eigenvalue weighted by molar-refractivity contribution is 5.88. The van der Waals surface area contributed by atoms with E-state index in [9.17, 15) is 9.18 Å². The fraction of sp³-hybridized carbons (Fsp3) is 0.632. The maximum atomic E-state index is 13.8. The van der Waals surface area contributed by atoms with Crippen LogP contribution in [0.2, 0.25) is 0 Å². The van der Waals surface area contributed by atoms with Crippen LogP contribution >= 0.6 is 12.4 Å². The quantitative estimate of drug-likeness (QED) is 0.862. The van der Waals surface area contributed by atoms with E-state index in [0.717, 1.165) is 18.4 Å². The van der Waals surface area contributed by atoms with Crippen molar-refractivity contribution in [2.24, 2.45) is 0 Å². The van der Waals surface area contributed by atoms with Gasteiger partial charge in [-0.25, -0.2) is 4.39 Å². The van der Waals surface area contributed by atoms with Crippen LogP contribution in [0.15, 0.2) is 24.3 Å². The summed E-state index contributed by atoms with van der Waals surface area (Å²) in [6.07, 6.45) is 5.63. The Morgan fingerprint density at radius 2 is 1.88 bits per heavy atom. The summed E-state index contributed by atoms with van der Waals surface area (Å²) < 4.78 is 19.2. The van der Waals surface area contributed by atoms with Gasteiger partial charge >= 0.3 is 0 Å². The molecule has 1 aromatic rings. The lowest BCUT2D eigenvalue weighted by molar-refractivity contribution is -0.131. The van der Waals surface area contributed by atoms with Crippen LogP contribution in [0.3, 0.4) is 0 Å². The molecule has 6 heteroatoms. The number of carbonyl (C=O) groups is 1. The van der Waals surface area contributed by atoms with Crippen molar-refractivity contribution in [3.63, 3.8) is 0 Å². The van der Waals surface area contributed by atoms with E-state index in [0.29, 0.717) is 38.1 Å². The highest BCUT2D eigenvalue weighted by Crippen LogP contribution is 2.36. The summed E-state index contributed by atoms with van der Waals surface area (Å²) in [5, 5.41) is 6.89. The third-order valence-electron chi connectivity index (χ3n) is 5.97. The number of nitrogens with one attached hydrogen (secondary N) is 2. The first-order chi connectivity index (χ1) is 11.7. The van der Waals surface area contributed by atoms with Gasteiger partial charge in [-0.3, -0.25) is 4.79 Å². The zero-order valence-electron chi connectivity index (χ0n) is 14.3. The topological polar surface area (TPSA) is 50.4 Å². The number of amides is 1. The summed E-state index contributed by atoms with van der Waals surface area (Å²) in [6.45, 7) is 1.09. The van der Waals surface area contributed by atoms with Crippen molar-refractivity contribution in [2.75, 3.05) is 13.2 Å². The van der Waals surface area contributed by atoms with Gasteiger partial charge in [0, 0.05) is 31.3 Å². The fourth-order valence-electron chi connectivity index (χ4n) is 4.65. The van der Waals surface area contributed by atoms with Crippen molar-refractivity contribution >= 4 is 18.3 Å². The van der Waals surface area contributed by atoms with Gasteiger partial charge in [-0.15, -0.1) is 12.4 Å². The number of halogens is 2. The molecular formula is C19H26ClFN2O2. The predicted octanol–water partition coefficient (Wildman–Crippen LogP) is 2.69. The second-order valence-electron chi connectivity index (χ2n) is 7.48. The van der Waals surface area contributed by atoms with Crippen molar-refractivity contribution in [1.29, 1.82) is 0 Å². The molecule has 3 saturated heterocycles. The Kier molecular flexibility index (Phi) is 5.66.